The Morgan fingerprint density at radius 2 is 1.32 bits per heavy atom. The van der Waals surface area contributed by atoms with E-state index in [1.54, 1.807) is 0 Å². The van der Waals surface area contributed by atoms with E-state index in [1.807, 2.05) is 66.7 Å². The highest BCUT2D eigenvalue weighted by atomic mass is 16.5. The summed E-state index contributed by atoms with van der Waals surface area (Å²) in [6.07, 6.45) is -0.120. The molecule has 1 heterocycles. The third-order valence-corrected chi connectivity index (χ3v) is 3.79. The van der Waals surface area contributed by atoms with Crippen molar-refractivity contribution >= 4 is 11.6 Å². The van der Waals surface area contributed by atoms with Crippen molar-refractivity contribution in [1.29, 1.82) is 0 Å². The summed E-state index contributed by atoms with van der Waals surface area (Å²) in [6.45, 7) is 0. The Morgan fingerprint density at radius 3 is 2.09 bits per heavy atom. The molecule has 0 saturated carbocycles. The van der Waals surface area contributed by atoms with E-state index in [0.717, 1.165) is 22.4 Å². The molecule has 106 valence electrons. The van der Waals surface area contributed by atoms with Gasteiger partial charge in [-0.15, -0.1) is 0 Å². The SMILES string of the molecule is c1ccc(C2=Nc3ccccc3C(c3ccccc3)O2)cc1. The van der Waals surface area contributed by atoms with Gasteiger partial charge in [-0.1, -0.05) is 66.7 Å². The molecule has 22 heavy (non-hydrogen) atoms. The number of rotatable bonds is 2. The summed E-state index contributed by atoms with van der Waals surface area (Å²) in [5, 5.41) is 0. The van der Waals surface area contributed by atoms with Gasteiger partial charge in [-0.05, 0) is 23.8 Å². The highest BCUT2D eigenvalue weighted by molar-refractivity contribution is 5.97. The summed E-state index contributed by atoms with van der Waals surface area (Å²) in [6, 6.07) is 28.5. The van der Waals surface area contributed by atoms with E-state index in [-0.39, 0.29) is 6.10 Å². The first-order valence-corrected chi connectivity index (χ1v) is 7.36. The van der Waals surface area contributed by atoms with Gasteiger partial charge in [0.2, 0.25) is 5.90 Å². The van der Waals surface area contributed by atoms with Crippen molar-refractivity contribution in [2.24, 2.45) is 4.99 Å². The number of ether oxygens (including phenoxy) is 1. The van der Waals surface area contributed by atoms with Gasteiger partial charge in [-0.2, -0.15) is 0 Å². The topological polar surface area (TPSA) is 21.6 Å². The molecule has 1 aliphatic heterocycles. The van der Waals surface area contributed by atoms with Gasteiger partial charge in [0.25, 0.3) is 0 Å². The summed E-state index contributed by atoms with van der Waals surface area (Å²) in [4.78, 5) is 4.69. The van der Waals surface area contributed by atoms with Crippen molar-refractivity contribution in [3.05, 3.63) is 102 Å². The lowest BCUT2D eigenvalue weighted by Gasteiger charge is -2.26. The minimum absolute atomic E-state index is 0.120. The van der Waals surface area contributed by atoms with Crippen LogP contribution in [-0.2, 0) is 4.74 Å². The van der Waals surface area contributed by atoms with Crippen molar-refractivity contribution in [3.8, 4) is 0 Å². The number of benzene rings is 3. The standard InChI is InChI=1S/C20H15NO/c1-3-9-15(10-4-1)19-17-13-7-8-14-18(17)21-20(22-19)16-11-5-2-6-12-16/h1-14,19H. The van der Waals surface area contributed by atoms with Crippen LogP contribution < -0.4 is 0 Å². The molecule has 3 aromatic rings. The largest absolute Gasteiger partial charge is 0.464 e. The van der Waals surface area contributed by atoms with Crippen LogP contribution in [0.15, 0.2) is 89.9 Å². The Bertz CT molecular complexity index is 809. The Balaban J connectivity index is 1.84. The zero-order valence-corrected chi connectivity index (χ0v) is 12.0. The molecule has 2 heteroatoms. The number of nitrogens with zero attached hydrogens (tertiary/aromatic N) is 1. The van der Waals surface area contributed by atoms with Gasteiger partial charge >= 0.3 is 0 Å². The van der Waals surface area contributed by atoms with E-state index in [9.17, 15) is 0 Å². The van der Waals surface area contributed by atoms with Crippen molar-refractivity contribution in [1.82, 2.24) is 0 Å². The number of fused-ring (bicyclic) bond motifs is 1. The van der Waals surface area contributed by atoms with E-state index < -0.39 is 0 Å². The normalized spacial score (nSPS) is 16.4. The average Bonchev–Trinajstić information content (AvgIpc) is 2.62. The molecule has 0 fully saturated rings. The second-order valence-electron chi connectivity index (χ2n) is 5.25. The molecule has 4 rings (SSSR count). The van der Waals surface area contributed by atoms with Crippen LogP contribution in [0, 0.1) is 0 Å². The smallest absolute Gasteiger partial charge is 0.222 e. The van der Waals surface area contributed by atoms with Gasteiger partial charge in [0.1, 0.15) is 0 Å². The molecule has 1 atom stereocenters. The molecule has 0 aromatic heterocycles. The predicted molar refractivity (Wildman–Crippen MR) is 88.5 cm³/mol. The third kappa shape index (κ3) is 2.29. The van der Waals surface area contributed by atoms with E-state index in [4.69, 9.17) is 4.74 Å². The first kappa shape index (κ1) is 12.8. The molecule has 0 radical (unpaired) electrons. The van der Waals surface area contributed by atoms with Crippen LogP contribution >= 0.6 is 0 Å². The summed E-state index contributed by atoms with van der Waals surface area (Å²) in [5.74, 6) is 0.674. The molecule has 0 bridgehead atoms. The molecule has 0 amide bonds. The maximum atomic E-state index is 6.24. The van der Waals surface area contributed by atoms with Crippen LogP contribution in [-0.4, -0.2) is 5.90 Å². The monoisotopic (exact) mass is 285 g/mol. The second kappa shape index (κ2) is 5.49. The average molecular weight is 285 g/mol. The first-order valence-electron chi connectivity index (χ1n) is 7.36. The first-order chi connectivity index (χ1) is 10.9. The number of aliphatic imine (C=N–C) groups is 1. The molecule has 3 aromatic carbocycles. The molecular weight excluding hydrogens is 270 g/mol. The Labute approximate surface area is 129 Å². The fraction of sp³-hybridized carbons (Fsp3) is 0.0500. The summed E-state index contributed by atoms with van der Waals surface area (Å²) < 4.78 is 6.24. The molecule has 0 N–H and O–H groups in total. The summed E-state index contributed by atoms with van der Waals surface area (Å²) in [7, 11) is 0. The van der Waals surface area contributed by atoms with E-state index in [2.05, 4.69) is 23.2 Å². The van der Waals surface area contributed by atoms with Gasteiger partial charge < -0.3 is 4.74 Å². The number of para-hydroxylation sites is 1. The molecular formula is C20H15NO. The van der Waals surface area contributed by atoms with Crippen molar-refractivity contribution < 1.29 is 4.74 Å². The van der Waals surface area contributed by atoms with Crippen LogP contribution in [0.1, 0.15) is 22.8 Å². The molecule has 0 spiro atoms. The molecule has 1 aliphatic rings. The Kier molecular flexibility index (Phi) is 3.20. The van der Waals surface area contributed by atoms with E-state index in [0.29, 0.717) is 5.90 Å². The molecule has 0 aliphatic carbocycles. The molecule has 1 unspecified atom stereocenters. The fourth-order valence-corrected chi connectivity index (χ4v) is 2.71. The Hall–Kier alpha value is -2.87. The summed E-state index contributed by atoms with van der Waals surface area (Å²) in [5.41, 5.74) is 4.21. The minimum atomic E-state index is -0.120. The number of hydrogen-bond acceptors (Lipinski definition) is 2. The zero-order valence-electron chi connectivity index (χ0n) is 12.0. The molecule has 0 saturated heterocycles. The Morgan fingerprint density at radius 1 is 0.682 bits per heavy atom. The predicted octanol–water partition coefficient (Wildman–Crippen LogP) is 4.88. The van der Waals surface area contributed by atoms with Crippen molar-refractivity contribution in [3.63, 3.8) is 0 Å². The maximum absolute atomic E-state index is 6.24. The second-order valence-corrected chi connectivity index (χ2v) is 5.25. The highest BCUT2D eigenvalue weighted by Gasteiger charge is 2.25. The highest BCUT2D eigenvalue weighted by Crippen LogP contribution is 2.37. The van der Waals surface area contributed by atoms with Gasteiger partial charge in [0, 0.05) is 11.1 Å². The van der Waals surface area contributed by atoms with Crippen LogP contribution in [0.4, 0.5) is 5.69 Å². The van der Waals surface area contributed by atoms with Crippen LogP contribution in [0.3, 0.4) is 0 Å². The van der Waals surface area contributed by atoms with E-state index in [1.165, 1.54) is 0 Å². The number of hydrogen-bond donors (Lipinski definition) is 0. The summed E-state index contributed by atoms with van der Waals surface area (Å²) >= 11 is 0. The third-order valence-electron chi connectivity index (χ3n) is 3.79. The minimum Gasteiger partial charge on any atom is -0.464 e. The van der Waals surface area contributed by atoms with Crippen LogP contribution in [0.25, 0.3) is 0 Å². The van der Waals surface area contributed by atoms with Gasteiger partial charge in [-0.25, -0.2) is 4.99 Å². The zero-order chi connectivity index (χ0) is 14.8. The fourth-order valence-electron chi connectivity index (χ4n) is 2.71. The van der Waals surface area contributed by atoms with Gasteiger partial charge in [0.05, 0.1) is 5.69 Å². The molecule has 2 nitrogen and oxygen atoms in total. The maximum Gasteiger partial charge on any atom is 0.222 e. The van der Waals surface area contributed by atoms with Crippen molar-refractivity contribution in [2.45, 2.75) is 6.10 Å². The quantitative estimate of drug-likeness (QED) is 0.657. The lowest BCUT2D eigenvalue weighted by molar-refractivity contribution is 0.229. The van der Waals surface area contributed by atoms with Gasteiger partial charge in [-0.3, -0.25) is 0 Å². The lowest BCUT2D eigenvalue weighted by Crippen LogP contribution is -2.17. The van der Waals surface area contributed by atoms with E-state index >= 15 is 0 Å². The van der Waals surface area contributed by atoms with Crippen molar-refractivity contribution in [2.75, 3.05) is 0 Å². The van der Waals surface area contributed by atoms with Crippen LogP contribution in [0.5, 0.6) is 0 Å². The van der Waals surface area contributed by atoms with Gasteiger partial charge in [0.15, 0.2) is 6.10 Å². The van der Waals surface area contributed by atoms with Crippen LogP contribution in [0.2, 0.25) is 0 Å². The lowest BCUT2D eigenvalue weighted by atomic mass is 9.98.